The molecule has 1 atom stereocenters. The van der Waals surface area contributed by atoms with Crippen LogP contribution in [0.4, 0.5) is 4.39 Å². The van der Waals surface area contributed by atoms with Crippen molar-refractivity contribution in [2.24, 2.45) is 0 Å². The van der Waals surface area contributed by atoms with Crippen LogP contribution in [0.2, 0.25) is 5.02 Å². The van der Waals surface area contributed by atoms with E-state index in [4.69, 9.17) is 16.3 Å². The molecule has 1 aromatic carbocycles. The molecule has 1 spiro atoms. The molecule has 0 saturated carbocycles. The zero-order valence-corrected chi connectivity index (χ0v) is 18.7. The van der Waals surface area contributed by atoms with Gasteiger partial charge < -0.3 is 19.4 Å². The number of aromatic nitrogens is 2. The molecule has 9 heteroatoms. The van der Waals surface area contributed by atoms with Gasteiger partial charge in [-0.05, 0) is 49.9 Å². The van der Waals surface area contributed by atoms with Crippen LogP contribution in [-0.2, 0) is 4.74 Å². The molecule has 2 aliphatic heterocycles. The molecule has 33 heavy (non-hydrogen) atoms. The first-order chi connectivity index (χ1) is 15.9. The van der Waals surface area contributed by atoms with Crippen LogP contribution >= 0.6 is 11.6 Å². The Morgan fingerprint density at radius 2 is 1.94 bits per heavy atom. The molecular weight excluding hydrogens is 447 g/mol. The van der Waals surface area contributed by atoms with Crippen LogP contribution in [0.5, 0.6) is 0 Å². The fraction of sp³-hybridized carbons (Fsp3) is 0.375. The van der Waals surface area contributed by atoms with Crippen molar-refractivity contribution in [3.05, 3.63) is 70.9 Å². The number of rotatable bonds is 4. The summed E-state index contributed by atoms with van der Waals surface area (Å²) < 4.78 is 21.9. The van der Waals surface area contributed by atoms with Crippen molar-refractivity contribution in [3.8, 4) is 0 Å². The molecule has 0 unspecified atom stereocenters. The number of carbonyl (C=O) groups excluding carboxylic acids is 2. The number of piperidine rings is 1. The quantitative estimate of drug-likeness (QED) is 0.630. The molecule has 7 nitrogen and oxygen atoms in total. The van der Waals surface area contributed by atoms with Crippen molar-refractivity contribution in [2.75, 3.05) is 19.6 Å². The Kier molecular flexibility index (Phi) is 5.80. The van der Waals surface area contributed by atoms with Crippen molar-refractivity contribution in [1.82, 2.24) is 19.6 Å². The Morgan fingerprint density at radius 1 is 1.15 bits per heavy atom. The number of pyridine rings is 1. The van der Waals surface area contributed by atoms with E-state index in [2.05, 4.69) is 10.3 Å². The Labute approximate surface area is 195 Å². The van der Waals surface area contributed by atoms with Gasteiger partial charge in [-0.15, -0.1) is 0 Å². The standard InChI is InChI=1S/C24H24ClFN4O3/c25-16-5-6-21-28-20(15-30(21)14-16)23(32)29-11-9-24(10-12-29)8-7-17(33-24)13-27-22(31)18-3-1-2-4-19(18)26/h1-6,14-15,17H,7-13H2,(H,27,31)/t17-/m0/s1. The average molecular weight is 471 g/mol. The van der Waals surface area contributed by atoms with Crippen molar-refractivity contribution in [3.63, 3.8) is 0 Å². The summed E-state index contributed by atoms with van der Waals surface area (Å²) in [6.45, 7) is 1.50. The summed E-state index contributed by atoms with van der Waals surface area (Å²) >= 11 is 6.02. The minimum Gasteiger partial charge on any atom is -0.370 e. The lowest BCUT2D eigenvalue weighted by atomic mass is 9.88. The fourth-order valence-corrected chi connectivity index (χ4v) is 4.87. The highest BCUT2D eigenvalue weighted by Crippen LogP contribution is 2.39. The largest absolute Gasteiger partial charge is 0.370 e. The number of fused-ring (bicyclic) bond motifs is 1. The number of hydrogen-bond acceptors (Lipinski definition) is 4. The van der Waals surface area contributed by atoms with Crippen LogP contribution in [0.3, 0.4) is 0 Å². The van der Waals surface area contributed by atoms with Crippen LogP contribution in [0.15, 0.2) is 48.8 Å². The molecule has 4 heterocycles. The van der Waals surface area contributed by atoms with Crippen molar-refractivity contribution in [1.29, 1.82) is 0 Å². The summed E-state index contributed by atoms with van der Waals surface area (Å²) in [5.41, 5.74) is 0.826. The Morgan fingerprint density at radius 3 is 2.73 bits per heavy atom. The first kappa shape index (κ1) is 21.9. The number of nitrogens with one attached hydrogen (secondary N) is 1. The number of benzene rings is 1. The number of halogens is 2. The Balaban J connectivity index is 1.15. The molecule has 0 radical (unpaired) electrons. The number of likely N-dealkylation sites (tertiary alicyclic amines) is 1. The lowest BCUT2D eigenvalue weighted by molar-refractivity contribution is -0.0712. The zero-order valence-electron chi connectivity index (χ0n) is 18.0. The second-order valence-corrected chi connectivity index (χ2v) is 9.12. The summed E-state index contributed by atoms with van der Waals surface area (Å²) in [5.74, 6) is -1.08. The van der Waals surface area contributed by atoms with E-state index in [9.17, 15) is 14.0 Å². The van der Waals surface area contributed by atoms with E-state index < -0.39 is 11.7 Å². The Bertz CT molecular complexity index is 1210. The summed E-state index contributed by atoms with van der Waals surface area (Å²) in [5, 5.41) is 3.36. The number of ether oxygens (including phenoxy) is 1. The van der Waals surface area contributed by atoms with E-state index in [1.54, 1.807) is 41.1 Å². The lowest BCUT2D eigenvalue weighted by Crippen LogP contribution is -2.47. The minimum absolute atomic E-state index is 0.0336. The molecule has 3 aromatic rings. The second-order valence-electron chi connectivity index (χ2n) is 8.68. The van der Waals surface area contributed by atoms with Gasteiger partial charge in [0.2, 0.25) is 0 Å². The third-order valence-corrected chi connectivity index (χ3v) is 6.77. The van der Waals surface area contributed by atoms with Crippen LogP contribution in [0.25, 0.3) is 5.65 Å². The van der Waals surface area contributed by atoms with Gasteiger partial charge in [0, 0.05) is 32.0 Å². The van der Waals surface area contributed by atoms with Crippen LogP contribution in [0, 0.1) is 5.82 Å². The van der Waals surface area contributed by atoms with E-state index in [1.807, 2.05) is 4.90 Å². The van der Waals surface area contributed by atoms with Gasteiger partial charge in [-0.1, -0.05) is 23.7 Å². The maximum atomic E-state index is 13.8. The van der Waals surface area contributed by atoms with Gasteiger partial charge in [0.05, 0.1) is 22.3 Å². The molecule has 5 rings (SSSR count). The summed E-state index contributed by atoms with van der Waals surface area (Å²) in [6.07, 6.45) is 6.47. The van der Waals surface area contributed by atoms with Crippen LogP contribution < -0.4 is 5.32 Å². The van der Waals surface area contributed by atoms with Gasteiger partial charge in [-0.2, -0.15) is 0 Å². The fourth-order valence-electron chi connectivity index (χ4n) is 4.70. The van der Waals surface area contributed by atoms with Gasteiger partial charge in [0.1, 0.15) is 17.2 Å². The monoisotopic (exact) mass is 470 g/mol. The molecule has 2 fully saturated rings. The smallest absolute Gasteiger partial charge is 0.274 e. The average Bonchev–Trinajstić information content (AvgIpc) is 3.42. The molecule has 1 N–H and O–H groups in total. The number of hydrogen-bond donors (Lipinski definition) is 1. The van der Waals surface area contributed by atoms with Crippen molar-refractivity contribution < 1.29 is 18.7 Å². The predicted molar refractivity (Wildman–Crippen MR) is 121 cm³/mol. The normalized spacial score (nSPS) is 19.8. The predicted octanol–water partition coefficient (Wildman–Crippen LogP) is 3.71. The highest BCUT2D eigenvalue weighted by molar-refractivity contribution is 6.30. The molecule has 2 amide bonds. The van der Waals surface area contributed by atoms with Crippen molar-refractivity contribution >= 4 is 29.1 Å². The SMILES string of the molecule is O=C(NC[C@@H]1CCC2(CCN(C(=O)c3cn4cc(Cl)ccc4n3)CC2)O1)c1ccccc1F. The number of imidazole rings is 1. The van der Waals surface area contributed by atoms with Gasteiger partial charge in [0.15, 0.2) is 0 Å². The van der Waals surface area contributed by atoms with Gasteiger partial charge in [-0.25, -0.2) is 9.37 Å². The molecule has 2 aromatic heterocycles. The molecule has 2 saturated heterocycles. The maximum Gasteiger partial charge on any atom is 0.274 e. The topological polar surface area (TPSA) is 75.9 Å². The third kappa shape index (κ3) is 4.45. The van der Waals surface area contributed by atoms with E-state index in [0.717, 1.165) is 25.7 Å². The van der Waals surface area contributed by atoms with E-state index >= 15 is 0 Å². The van der Waals surface area contributed by atoms with E-state index in [1.165, 1.54) is 12.1 Å². The molecule has 172 valence electrons. The number of nitrogens with zero attached hydrogens (tertiary/aromatic N) is 3. The third-order valence-electron chi connectivity index (χ3n) is 6.54. The maximum absolute atomic E-state index is 13.8. The molecule has 2 aliphatic rings. The van der Waals surface area contributed by atoms with E-state index in [0.29, 0.717) is 36.0 Å². The molecule has 0 bridgehead atoms. The van der Waals surface area contributed by atoms with E-state index in [-0.39, 0.29) is 23.2 Å². The molecular formula is C24H24ClFN4O3. The number of carbonyl (C=O) groups is 2. The first-order valence-corrected chi connectivity index (χ1v) is 11.4. The molecule has 0 aliphatic carbocycles. The lowest BCUT2D eigenvalue weighted by Gasteiger charge is -2.39. The minimum atomic E-state index is -0.537. The summed E-state index contributed by atoms with van der Waals surface area (Å²) in [4.78, 5) is 31.4. The van der Waals surface area contributed by atoms with Gasteiger partial charge in [-0.3, -0.25) is 9.59 Å². The van der Waals surface area contributed by atoms with Crippen molar-refractivity contribution in [2.45, 2.75) is 37.4 Å². The summed E-state index contributed by atoms with van der Waals surface area (Å²) in [6, 6.07) is 9.45. The summed E-state index contributed by atoms with van der Waals surface area (Å²) in [7, 11) is 0. The van der Waals surface area contributed by atoms with Gasteiger partial charge in [0.25, 0.3) is 11.8 Å². The number of amides is 2. The van der Waals surface area contributed by atoms with Crippen LogP contribution in [-0.4, -0.2) is 57.4 Å². The Hall–Kier alpha value is -2.97. The first-order valence-electron chi connectivity index (χ1n) is 11.1. The highest BCUT2D eigenvalue weighted by atomic mass is 35.5. The van der Waals surface area contributed by atoms with Gasteiger partial charge >= 0.3 is 0 Å². The second kappa shape index (κ2) is 8.76. The zero-order chi connectivity index (χ0) is 23.0. The van der Waals surface area contributed by atoms with Crippen LogP contribution in [0.1, 0.15) is 46.5 Å². The highest BCUT2D eigenvalue weighted by Gasteiger charge is 2.43.